The molecular formula is C16H23NO3. The molecule has 0 aliphatic heterocycles. The summed E-state index contributed by atoms with van der Waals surface area (Å²) in [7, 11) is 0. The van der Waals surface area contributed by atoms with Gasteiger partial charge >= 0.3 is 6.09 Å². The van der Waals surface area contributed by atoms with Crippen LogP contribution >= 0.6 is 0 Å². The fourth-order valence-electron chi connectivity index (χ4n) is 2.93. The van der Waals surface area contributed by atoms with Crippen molar-refractivity contribution in [2.45, 2.75) is 45.3 Å². The Morgan fingerprint density at radius 1 is 1.30 bits per heavy atom. The SMILES string of the molecule is CC1(C)CCC(CO)(NC(=O)OCc2ccccc2)C1. The van der Waals surface area contributed by atoms with E-state index < -0.39 is 11.6 Å². The molecule has 1 aromatic carbocycles. The Labute approximate surface area is 120 Å². The minimum Gasteiger partial charge on any atom is -0.445 e. The number of carbonyl (C=O) groups is 1. The molecule has 1 atom stereocenters. The van der Waals surface area contributed by atoms with E-state index in [0.717, 1.165) is 24.8 Å². The molecule has 4 heteroatoms. The molecule has 0 heterocycles. The molecule has 0 aromatic heterocycles. The van der Waals surface area contributed by atoms with E-state index in [0.29, 0.717) is 0 Å². The summed E-state index contributed by atoms with van der Waals surface area (Å²) in [4.78, 5) is 11.9. The van der Waals surface area contributed by atoms with E-state index in [1.807, 2.05) is 30.3 Å². The van der Waals surface area contributed by atoms with Gasteiger partial charge in [0.1, 0.15) is 6.61 Å². The molecule has 4 nitrogen and oxygen atoms in total. The summed E-state index contributed by atoms with van der Waals surface area (Å²) in [6, 6.07) is 9.56. The van der Waals surface area contributed by atoms with Crippen molar-refractivity contribution >= 4 is 6.09 Å². The number of ether oxygens (including phenoxy) is 1. The minimum atomic E-state index is -0.530. The van der Waals surface area contributed by atoms with Crippen LogP contribution in [-0.4, -0.2) is 23.3 Å². The van der Waals surface area contributed by atoms with E-state index in [-0.39, 0.29) is 18.6 Å². The second-order valence-electron chi connectivity index (χ2n) is 6.47. The average Bonchev–Trinajstić information content (AvgIpc) is 2.74. The Balaban J connectivity index is 1.87. The van der Waals surface area contributed by atoms with Gasteiger partial charge < -0.3 is 15.2 Å². The Morgan fingerprint density at radius 2 is 2.00 bits per heavy atom. The molecule has 1 aliphatic rings. The van der Waals surface area contributed by atoms with Gasteiger partial charge in [-0.1, -0.05) is 44.2 Å². The number of amides is 1. The highest BCUT2D eigenvalue weighted by Crippen LogP contribution is 2.43. The quantitative estimate of drug-likeness (QED) is 0.889. The zero-order valence-electron chi connectivity index (χ0n) is 12.2. The minimum absolute atomic E-state index is 0.0448. The van der Waals surface area contributed by atoms with Gasteiger partial charge in [-0.25, -0.2) is 4.79 Å². The van der Waals surface area contributed by atoms with Crippen LogP contribution in [0.1, 0.15) is 38.7 Å². The van der Waals surface area contributed by atoms with Crippen molar-refractivity contribution in [2.75, 3.05) is 6.61 Å². The summed E-state index contributed by atoms with van der Waals surface area (Å²) in [5, 5.41) is 12.5. The number of hydrogen-bond acceptors (Lipinski definition) is 3. The number of nitrogens with one attached hydrogen (secondary N) is 1. The molecular weight excluding hydrogens is 254 g/mol. The predicted octanol–water partition coefficient (Wildman–Crippen LogP) is 2.85. The van der Waals surface area contributed by atoms with E-state index in [9.17, 15) is 9.90 Å². The van der Waals surface area contributed by atoms with Gasteiger partial charge in [0.15, 0.2) is 0 Å². The maximum atomic E-state index is 11.9. The van der Waals surface area contributed by atoms with Crippen molar-refractivity contribution in [2.24, 2.45) is 5.41 Å². The van der Waals surface area contributed by atoms with Gasteiger partial charge in [-0.05, 0) is 30.2 Å². The number of rotatable bonds is 4. The Bertz CT molecular complexity index is 458. The molecule has 1 fully saturated rings. The maximum absolute atomic E-state index is 11.9. The molecule has 1 saturated carbocycles. The van der Waals surface area contributed by atoms with Crippen LogP contribution in [0.5, 0.6) is 0 Å². The summed E-state index contributed by atoms with van der Waals surface area (Å²) >= 11 is 0. The molecule has 0 spiro atoms. The zero-order valence-corrected chi connectivity index (χ0v) is 12.2. The van der Waals surface area contributed by atoms with Gasteiger partial charge in [0.25, 0.3) is 0 Å². The van der Waals surface area contributed by atoms with Crippen LogP contribution in [0.15, 0.2) is 30.3 Å². The average molecular weight is 277 g/mol. The van der Waals surface area contributed by atoms with Crippen LogP contribution in [0.2, 0.25) is 0 Å². The van der Waals surface area contributed by atoms with Crippen LogP contribution in [0.4, 0.5) is 4.79 Å². The lowest BCUT2D eigenvalue weighted by atomic mass is 9.88. The monoisotopic (exact) mass is 277 g/mol. The molecule has 0 radical (unpaired) electrons. The van der Waals surface area contributed by atoms with Crippen molar-refractivity contribution in [3.05, 3.63) is 35.9 Å². The van der Waals surface area contributed by atoms with Crippen molar-refractivity contribution in [3.63, 3.8) is 0 Å². The molecule has 1 aromatic rings. The van der Waals surface area contributed by atoms with E-state index in [1.54, 1.807) is 0 Å². The van der Waals surface area contributed by atoms with Gasteiger partial charge in [0.2, 0.25) is 0 Å². The lowest BCUT2D eigenvalue weighted by Gasteiger charge is -2.29. The van der Waals surface area contributed by atoms with Gasteiger partial charge in [0, 0.05) is 0 Å². The smallest absolute Gasteiger partial charge is 0.407 e. The van der Waals surface area contributed by atoms with E-state index in [4.69, 9.17) is 4.74 Å². The Morgan fingerprint density at radius 3 is 2.55 bits per heavy atom. The van der Waals surface area contributed by atoms with Gasteiger partial charge in [-0.3, -0.25) is 0 Å². The van der Waals surface area contributed by atoms with Gasteiger partial charge in [-0.15, -0.1) is 0 Å². The first kappa shape index (κ1) is 14.9. The normalized spacial score (nSPS) is 24.4. The summed E-state index contributed by atoms with van der Waals surface area (Å²) in [6.07, 6.45) is 2.10. The van der Waals surface area contributed by atoms with Crippen molar-refractivity contribution in [1.29, 1.82) is 0 Å². The predicted molar refractivity (Wildman–Crippen MR) is 77.2 cm³/mol. The lowest BCUT2D eigenvalue weighted by Crippen LogP contribution is -2.50. The van der Waals surface area contributed by atoms with Crippen molar-refractivity contribution in [1.82, 2.24) is 5.32 Å². The number of aliphatic hydroxyl groups is 1. The molecule has 1 amide bonds. The topological polar surface area (TPSA) is 58.6 Å². The molecule has 0 bridgehead atoms. The summed E-state index contributed by atoms with van der Waals surface area (Å²) in [6.45, 7) is 4.51. The summed E-state index contributed by atoms with van der Waals surface area (Å²) in [5.41, 5.74) is 0.569. The van der Waals surface area contributed by atoms with Crippen LogP contribution in [0, 0.1) is 5.41 Å². The van der Waals surface area contributed by atoms with Crippen LogP contribution in [0.25, 0.3) is 0 Å². The highest BCUT2D eigenvalue weighted by Gasteiger charge is 2.44. The molecule has 2 rings (SSSR count). The van der Waals surface area contributed by atoms with Crippen LogP contribution < -0.4 is 5.32 Å². The van der Waals surface area contributed by atoms with Gasteiger partial charge in [0.05, 0.1) is 12.1 Å². The second-order valence-corrected chi connectivity index (χ2v) is 6.47. The number of hydrogen-bond donors (Lipinski definition) is 2. The Kier molecular flexibility index (Phi) is 4.33. The van der Waals surface area contributed by atoms with Crippen LogP contribution in [0.3, 0.4) is 0 Å². The maximum Gasteiger partial charge on any atom is 0.407 e. The first-order valence-corrected chi connectivity index (χ1v) is 7.05. The first-order chi connectivity index (χ1) is 9.45. The third-order valence-electron chi connectivity index (χ3n) is 3.98. The van der Waals surface area contributed by atoms with E-state index >= 15 is 0 Å². The molecule has 20 heavy (non-hydrogen) atoms. The Hall–Kier alpha value is -1.55. The highest BCUT2D eigenvalue weighted by atomic mass is 16.5. The van der Waals surface area contributed by atoms with Gasteiger partial charge in [-0.2, -0.15) is 0 Å². The third-order valence-corrected chi connectivity index (χ3v) is 3.98. The molecule has 110 valence electrons. The fraction of sp³-hybridized carbons (Fsp3) is 0.562. The van der Waals surface area contributed by atoms with E-state index in [1.165, 1.54) is 0 Å². The first-order valence-electron chi connectivity index (χ1n) is 7.05. The highest BCUT2D eigenvalue weighted by molar-refractivity contribution is 5.68. The molecule has 1 unspecified atom stereocenters. The summed E-state index contributed by atoms with van der Waals surface area (Å²) < 4.78 is 5.22. The standard InChI is InChI=1S/C16H23NO3/c1-15(2)8-9-16(11-15,12-18)17-14(19)20-10-13-6-4-3-5-7-13/h3-7,18H,8-12H2,1-2H3,(H,17,19). The molecule has 0 saturated heterocycles. The number of carbonyl (C=O) groups excluding carboxylic acids is 1. The van der Waals surface area contributed by atoms with Crippen molar-refractivity contribution < 1.29 is 14.6 Å². The fourth-order valence-corrected chi connectivity index (χ4v) is 2.93. The van der Waals surface area contributed by atoms with Crippen molar-refractivity contribution in [3.8, 4) is 0 Å². The number of alkyl carbamates (subject to hydrolysis) is 1. The molecule has 2 N–H and O–H groups in total. The molecule has 1 aliphatic carbocycles. The zero-order chi connectivity index (χ0) is 14.6. The second kappa shape index (κ2) is 5.83. The van der Waals surface area contributed by atoms with E-state index in [2.05, 4.69) is 19.2 Å². The number of benzene rings is 1. The number of aliphatic hydroxyl groups excluding tert-OH is 1. The summed E-state index contributed by atoms with van der Waals surface area (Å²) in [5.74, 6) is 0. The largest absolute Gasteiger partial charge is 0.445 e. The third kappa shape index (κ3) is 3.73. The van der Waals surface area contributed by atoms with Crippen LogP contribution in [-0.2, 0) is 11.3 Å². The lowest BCUT2D eigenvalue weighted by molar-refractivity contribution is 0.104.